The first-order valence-corrected chi connectivity index (χ1v) is 15.8. The summed E-state index contributed by atoms with van der Waals surface area (Å²) in [7, 11) is 0. The third-order valence-electron chi connectivity index (χ3n) is 9.72. The molecule has 0 saturated heterocycles. The lowest BCUT2D eigenvalue weighted by molar-refractivity contribution is 0.616. The van der Waals surface area contributed by atoms with E-state index in [0.29, 0.717) is 0 Å². The minimum absolute atomic E-state index is 0.0249. The van der Waals surface area contributed by atoms with Gasteiger partial charge in [-0.1, -0.05) is 115 Å². The van der Waals surface area contributed by atoms with Gasteiger partial charge in [0.05, 0.1) is 12.0 Å². The number of rotatable bonds is 3. The van der Waals surface area contributed by atoms with Crippen LogP contribution in [0.5, 0.6) is 0 Å². The van der Waals surface area contributed by atoms with Crippen LogP contribution in [0.2, 0.25) is 0 Å². The van der Waals surface area contributed by atoms with Crippen LogP contribution in [0.25, 0.3) is 44.0 Å². The standard InChI is InChI=1S/C42H27BN2O/c1-2-12-29(13-3-1)31-24-25-40-34(26-27-46-40)42(31)44-38-21-9-7-19-35(38)43-41-33(18-11-23-39(41)44)32-17-6-8-20-37(32)45(43)36-22-10-15-28-14-4-5-16-30(28)36/h1-27H. The van der Waals surface area contributed by atoms with Crippen molar-refractivity contribution >= 4 is 68.0 Å². The molecule has 0 aliphatic carbocycles. The van der Waals surface area contributed by atoms with Gasteiger partial charge in [-0.05, 0) is 69.9 Å². The molecule has 1 aromatic heterocycles. The Kier molecular flexibility index (Phi) is 5.37. The Hall–Kier alpha value is -6.00. The molecule has 8 aromatic rings. The van der Waals surface area contributed by atoms with Crippen molar-refractivity contribution in [3.05, 3.63) is 164 Å². The summed E-state index contributed by atoms with van der Waals surface area (Å²) in [6.07, 6.45) is 1.81. The highest BCUT2D eigenvalue weighted by Crippen LogP contribution is 2.50. The van der Waals surface area contributed by atoms with Crippen molar-refractivity contribution in [3.63, 3.8) is 0 Å². The average molecular weight is 587 g/mol. The highest BCUT2D eigenvalue weighted by atomic mass is 16.3. The molecule has 10 rings (SSSR count). The van der Waals surface area contributed by atoms with Gasteiger partial charge in [0.1, 0.15) is 5.58 Å². The van der Waals surface area contributed by atoms with Crippen molar-refractivity contribution in [2.24, 2.45) is 0 Å². The van der Waals surface area contributed by atoms with Gasteiger partial charge in [-0.25, -0.2) is 0 Å². The maximum Gasteiger partial charge on any atom is 0.333 e. The summed E-state index contributed by atoms with van der Waals surface area (Å²) >= 11 is 0. The summed E-state index contributed by atoms with van der Waals surface area (Å²) in [6, 6.07) is 57.2. The zero-order valence-corrected chi connectivity index (χ0v) is 25.0. The molecule has 4 heteroatoms. The first kappa shape index (κ1) is 25.3. The first-order chi connectivity index (χ1) is 22.9. The summed E-state index contributed by atoms with van der Waals surface area (Å²) in [5.41, 5.74) is 14.2. The van der Waals surface area contributed by atoms with Gasteiger partial charge >= 0.3 is 6.85 Å². The SMILES string of the molecule is c1ccc(-c2ccc3occc3c2N2c3ccccc3B3c4c(cccc42)-c2ccccc2N3c2cccc3ccccc23)cc1. The lowest BCUT2D eigenvalue weighted by Crippen LogP contribution is -2.61. The number of furan rings is 1. The molecular formula is C42H27BN2O. The number of anilines is 5. The Morgan fingerprint density at radius 3 is 2.09 bits per heavy atom. The molecule has 0 atom stereocenters. The van der Waals surface area contributed by atoms with E-state index in [1.807, 2.05) is 0 Å². The molecule has 0 radical (unpaired) electrons. The Balaban J connectivity index is 1.33. The summed E-state index contributed by atoms with van der Waals surface area (Å²) in [5, 5.41) is 3.57. The Bertz CT molecular complexity index is 2460. The van der Waals surface area contributed by atoms with Crippen molar-refractivity contribution in [1.29, 1.82) is 0 Å². The van der Waals surface area contributed by atoms with Crippen LogP contribution in [0.3, 0.4) is 0 Å². The van der Waals surface area contributed by atoms with Gasteiger partial charge in [0.2, 0.25) is 0 Å². The molecule has 0 saturated carbocycles. The van der Waals surface area contributed by atoms with E-state index in [-0.39, 0.29) is 6.85 Å². The Morgan fingerprint density at radius 1 is 0.457 bits per heavy atom. The molecule has 2 aliphatic heterocycles. The number of para-hydroxylation sites is 2. The van der Waals surface area contributed by atoms with Crippen molar-refractivity contribution in [2.45, 2.75) is 0 Å². The third-order valence-corrected chi connectivity index (χ3v) is 9.72. The highest BCUT2D eigenvalue weighted by Gasteiger charge is 2.45. The minimum atomic E-state index is -0.0249. The maximum atomic E-state index is 6.02. The normalized spacial score (nSPS) is 13.1. The topological polar surface area (TPSA) is 19.6 Å². The van der Waals surface area contributed by atoms with Crippen molar-refractivity contribution in [3.8, 4) is 22.3 Å². The monoisotopic (exact) mass is 586 g/mol. The summed E-state index contributed by atoms with van der Waals surface area (Å²) in [4.78, 5) is 5.07. The van der Waals surface area contributed by atoms with E-state index in [1.54, 1.807) is 6.26 Å². The van der Waals surface area contributed by atoms with Crippen LogP contribution >= 0.6 is 0 Å². The molecule has 0 N–H and O–H groups in total. The number of fused-ring (bicyclic) bond motifs is 6. The Labute approximate surface area is 267 Å². The largest absolute Gasteiger partial charge is 0.464 e. The molecule has 7 aromatic carbocycles. The van der Waals surface area contributed by atoms with Gasteiger partial charge in [-0.15, -0.1) is 0 Å². The molecule has 2 aliphatic rings. The molecule has 0 bridgehead atoms. The minimum Gasteiger partial charge on any atom is -0.464 e. The summed E-state index contributed by atoms with van der Waals surface area (Å²) < 4.78 is 6.02. The van der Waals surface area contributed by atoms with Gasteiger partial charge in [-0.2, -0.15) is 0 Å². The molecule has 0 amide bonds. The van der Waals surface area contributed by atoms with Gasteiger partial charge in [0, 0.05) is 44.6 Å². The molecule has 0 fully saturated rings. The van der Waals surface area contributed by atoms with Crippen LogP contribution < -0.4 is 20.6 Å². The van der Waals surface area contributed by atoms with Gasteiger partial charge in [0.25, 0.3) is 0 Å². The van der Waals surface area contributed by atoms with Crippen molar-refractivity contribution in [2.75, 3.05) is 9.71 Å². The van der Waals surface area contributed by atoms with Crippen LogP contribution in [-0.2, 0) is 0 Å². The number of hydrogen-bond acceptors (Lipinski definition) is 3. The molecule has 46 heavy (non-hydrogen) atoms. The fourth-order valence-electron chi connectivity index (χ4n) is 7.85. The van der Waals surface area contributed by atoms with Gasteiger partial charge in [0.15, 0.2) is 0 Å². The smallest absolute Gasteiger partial charge is 0.333 e. The molecule has 3 heterocycles. The number of nitrogens with zero attached hydrogens (tertiary/aromatic N) is 2. The maximum absolute atomic E-state index is 6.02. The highest BCUT2D eigenvalue weighted by molar-refractivity contribution is 6.93. The predicted molar refractivity (Wildman–Crippen MR) is 193 cm³/mol. The van der Waals surface area contributed by atoms with Crippen molar-refractivity contribution in [1.82, 2.24) is 0 Å². The van der Waals surface area contributed by atoms with E-state index >= 15 is 0 Å². The number of hydrogen-bond donors (Lipinski definition) is 0. The quantitative estimate of drug-likeness (QED) is 0.192. The molecule has 214 valence electrons. The second-order valence-electron chi connectivity index (χ2n) is 12.1. The van der Waals surface area contributed by atoms with Crippen LogP contribution in [0.4, 0.5) is 28.4 Å². The van der Waals surface area contributed by atoms with Crippen molar-refractivity contribution < 1.29 is 4.42 Å². The summed E-state index contributed by atoms with van der Waals surface area (Å²) in [5.74, 6) is 0. The summed E-state index contributed by atoms with van der Waals surface area (Å²) in [6.45, 7) is -0.0249. The van der Waals surface area contributed by atoms with E-state index in [9.17, 15) is 0 Å². The second-order valence-corrected chi connectivity index (χ2v) is 12.1. The first-order valence-electron chi connectivity index (χ1n) is 15.8. The number of benzene rings is 7. The molecule has 3 nitrogen and oxygen atoms in total. The van der Waals surface area contributed by atoms with Crippen LogP contribution in [0.1, 0.15) is 0 Å². The van der Waals surface area contributed by atoms with E-state index in [1.165, 1.54) is 66.7 Å². The van der Waals surface area contributed by atoms with E-state index < -0.39 is 0 Å². The van der Waals surface area contributed by atoms with Gasteiger partial charge < -0.3 is 14.1 Å². The van der Waals surface area contributed by atoms with E-state index in [2.05, 4.69) is 167 Å². The van der Waals surface area contributed by atoms with Crippen LogP contribution in [-0.4, -0.2) is 6.85 Å². The van der Waals surface area contributed by atoms with E-state index in [4.69, 9.17) is 4.42 Å². The van der Waals surface area contributed by atoms with E-state index in [0.717, 1.165) is 16.7 Å². The van der Waals surface area contributed by atoms with Crippen LogP contribution in [0.15, 0.2) is 168 Å². The van der Waals surface area contributed by atoms with Crippen LogP contribution in [0, 0.1) is 0 Å². The fourth-order valence-corrected chi connectivity index (χ4v) is 7.85. The van der Waals surface area contributed by atoms with Gasteiger partial charge in [-0.3, -0.25) is 0 Å². The lowest BCUT2D eigenvalue weighted by atomic mass is 9.43. The fraction of sp³-hybridized carbons (Fsp3) is 0. The Morgan fingerprint density at radius 2 is 1.15 bits per heavy atom. The zero-order valence-electron chi connectivity index (χ0n) is 25.0. The third kappa shape index (κ3) is 3.50. The predicted octanol–water partition coefficient (Wildman–Crippen LogP) is 9.96. The average Bonchev–Trinajstić information content (AvgIpc) is 3.61. The zero-order chi connectivity index (χ0) is 30.2. The molecule has 0 unspecified atom stereocenters. The lowest BCUT2D eigenvalue weighted by Gasteiger charge is -2.46. The molecule has 0 spiro atoms. The molecular weight excluding hydrogens is 559 g/mol. The second kappa shape index (κ2) is 9.75.